The molecule has 0 aromatic rings. The van der Waals surface area contributed by atoms with Crippen LogP contribution < -0.4 is 5.32 Å². The van der Waals surface area contributed by atoms with Gasteiger partial charge in [-0.25, -0.2) is 0 Å². The molecule has 0 saturated heterocycles. The predicted octanol–water partition coefficient (Wildman–Crippen LogP) is 3.24. The lowest BCUT2D eigenvalue weighted by Gasteiger charge is -2.31. The number of hydrogen-bond acceptors (Lipinski definition) is 2. The molecule has 0 amide bonds. The molecule has 2 rings (SSSR count). The van der Waals surface area contributed by atoms with Gasteiger partial charge in [-0.1, -0.05) is 25.7 Å². The molecule has 2 heteroatoms. The van der Waals surface area contributed by atoms with Crippen molar-refractivity contribution in [3.05, 3.63) is 0 Å². The van der Waals surface area contributed by atoms with E-state index >= 15 is 0 Å². The number of nitrogens with zero attached hydrogens (tertiary/aromatic N) is 1. The number of nitriles is 1. The topological polar surface area (TPSA) is 35.8 Å². The van der Waals surface area contributed by atoms with Crippen LogP contribution in [0.5, 0.6) is 0 Å². The molecule has 2 saturated carbocycles. The van der Waals surface area contributed by atoms with E-state index in [9.17, 15) is 0 Å². The highest BCUT2D eigenvalue weighted by Crippen LogP contribution is 2.29. The van der Waals surface area contributed by atoms with Gasteiger partial charge in [-0.3, -0.25) is 0 Å². The summed E-state index contributed by atoms with van der Waals surface area (Å²) in [4.78, 5) is 0. The zero-order valence-corrected chi connectivity index (χ0v) is 10.4. The first kappa shape index (κ1) is 11.9. The molecule has 3 atom stereocenters. The van der Waals surface area contributed by atoms with Crippen molar-refractivity contribution < 1.29 is 0 Å². The second-order valence-electron chi connectivity index (χ2n) is 5.63. The molecule has 0 heterocycles. The van der Waals surface area contributed by atoms with Gasteiger partial charge in [0.15, 0.2) is 0 Å². The summed E-state index contributed by atoms with van der Waals surface area (Å²) < 4.78 is 0. The smallest absolute Gasteiger partial charge is 0.0672 e. The Morgan fingerprint density at radius 3 is 2.50 bits per heavy atom. The van der Waals surface area contributed by atoms with Gasteiger partial charge in [-0.2, -0.15) is 5.26 Å². The van der Waals surface area contributed by atoms with E-state index in [4.69, 9.17) is 5.26 Å². The largest absolute Gasteiger partial charge is 0.310 e. The molecule has 16 heavy (non-hydrogen) atoms. The molecule has 1 N–H and O–H groups in total. The lowest BCUT2D eigenvalue weighted by Crippen LogP contribution is -2.43. The summed E-state index contributed by atoms with van der Waals surface area (Å²) in [5.74, 6) is 1.12. The van der Waals surface area contributed by atoms with Crippen LogP contribution in [-0.4, -0.2) is 12.1 Å². The first-order valence-corrected chi connectivity index (χ1v) is 6.97. The maximum absolute atomic E-state index is 9.07. The van der Waals surface area contributed by atoms with E-state index in [2.05, 4.69) is 18.3 Å². The first-order valence-electron chi connectivity index (χ1n) is 6.97. The van der Waals surface area contributed by atoms with Gasteiger partial charge in [0.25, 0.3) is 0 Å². The number of hydrogen-bond donors (Lipinski definition) is 1. The molecule has 2 aliphatic carbocycles. The number of nitrogens with one attached hydrogen (secondary N) is 1. The van der Waals surface area contributed by atoms with Crippen molar-refractivity contribution in [3.8, 4) is 6.07 Å². The van der Waals surface area contributed by atoms with Crippen molar-refractivity contribution in [3.63, 3.8) is 0 Å². The van der Waals surface area contributed by atoms with Crippen LogP contribution in [0.2, 0.25) is 0 Å². The van der Waals surface area contributed by atoms with Gasteiger partial charge in [-0.05, 0) is 38.5 Å². The maximum atomic E-state index is 9.07. The van der Waals surface area contributed by atoms with E-state index in [1.807, 2.05) is 0 Å². The van der Waals surface area contributed by atoms with Crippen LogP contribution in [0.4, 0.5) is 0 Å². The van der Waals surface area contributed by atoms with Crippen LogP contribution in [0.3, 0.4) is 0 Å². The molecule has 90 valence electrons. The fourth-order valence-electron chi connectivity index (χ4n) is 3.42. The summed E-state index contributed by atoms with van der Waals surface area (Å²) in [7, 11) is 0. The first-order chi connectivity index (χ1) is 7.81. The lowest BCUT2D eigenvalue weighted by molar-refractivity contribution is 0.256. The second-order valence-corrected chi connectivity index (χ2v) is 5.63. The van der Waals surface area contributed by atoms with E-state index in [-0.39, 0.29) is 5.92 Å². The van der Waals surface area contributed by atoms with Gasteiger partial charge in [0, 0.05) is 12.1 Å². The summed E-state index contributed by atoms with van der Waals surface area (Å²) in [6.07, 6.45) is 10.5. The van der Waals surface area contributed by atoms with Gasteiger partial charge >= 0.3 is 0 Å². The molecule has 0 spiro atoms. The Bertz CT molecular complexity index is 250. The fraction of sp³-hybridized carbons (Fsp3) is 0.929. The Morgan fingerprint density at radius 2 is 1.81 bits per heavy atom. The fourth-order valence-corrected chi connectivity index (χ4v) is 3.42. The second kappa shape index (κ2) is 5.68. The van der Waals surface area contributed by atoms with Crippen molar-refractivity contribution in [2.75, 3.05) is 0 Å². The van der Waals surface area contributed by atoms with Crippen LogP contribution in [-0.2, 0) is 0 Å². The van der Waals surface area contributed by atoms with Gasteiger partial charge in [0.2, 0.25) is 0 Å². The molecular weight excluding hydrogens is 196 g/mol. The minimum absolute atomic E-state index is 0.269. The van der Waals surface area contributed by atoms with Crippen molar-refractivity contribution in [1.29, 1.82) is 5.26 Å². The highest BCUT2D eigenvalue weighted by molar-refractivity contribution is 4.97. The Morgan fingerprint density at radius 1 is 1.06 bits per heavy atom. The quantitative estimate of drug-likeness (QED) is 0.792. The highest BCUT2D eigenvalue weighted by atomic mass is 15.0. The van der Waals surface area contributed by atoms with Gasteiger partial charge in [-0.15, -0.1) is 0 Å². The van der Waals surface area contributed by atoms with E-state index in [1.165, 1.54) is 44.9 Å². The van der Waals surface area contributed by atoms with Crippen molar-refractivity contribution in [2.24, 2.45) is 11.8 Å². The molecule has 2 fully saturated rings. The zero-order chi connectivity index (χ0) is 11.4. The summed E-state index contributed by atoms with van der Waals surface area (Å²) in [6, 6.07) is 3.54. The molecule has 2 nitrogen and oxygen atoms in total. The third kappa shape index (κ3) is 2.77. The minimum atomic E-state index is 0.269. The lowest BCUT2D eigenvalue weighted by atomic mass is 9.84. The molecule has 0 radical (unpaired) electrons. The summed E-state index contributed by atoms with van der Waals surface area (Å²) in [5, 5.41) is 12.8. The monoisotopic (exact) mass is 220 g/mol. The Labute approximate surface area is 99.4 Å². The van der Waals surface area contributed by atoms with Crippen molar-refractivity contribution in [2.45, 2.75) is 70.4 Å². The maximum Gasteiger partial charge on any atom is 0.0672 e. The summed E-state index contributed by atoms with van der Waals surface area (Å²) >= 11 is 0. The van der Waals surface area contributed by atoms with E-state index in [0.717, 1.165) is 12.3 Å². The van der Waals surface area contributed by atoms with E-state index < -0.39 is 0 Å². The van der Waals surface area contributed by atoms with Crippen LogP contribution in [0, 0.1) is 23.2 Å². The molecule has 0 aliphatic heterocycles. The summed E-state index contributed by atoms with van der Waals surface area (Å²) in [5.41, 5.74) is 0. The van der Waals surface area contributed by atoms with Crippen LogP contribution in [0.25, 0.3) is 0 Å². The molecule has 0 aromatic heterocycles. The standard InChI is InChI=1S/C14H24N2/c1-11(12-6-3-2-4-7-12)16-14-9-5-8-13(14)10-15/h11-14,16H,2-9H2,1H3. The third-order valence-corrected chi connectivity index (χ3v) is 4.52. The van der Waals surface area contributed by atoms with Crippen LogP contribution >= 0.6 is 0 Å². The molecular formula is C14H24N2. The zero-order valence-electron chi connectivity index (χ0n) is 10.4. The minimum Gasteiger partial charge on any atom is -0.310 e. The van der Waals surface area contributed by atoms with Crippen LogP contribution in [0.15, 0.2) is 0 Å². The molecule has 2 aliphatic rings. The Balaban J connectivity index is 1.81. The third-order valence-electron chi connectivity index (χ3n) is 4.52. The van der Waals surface area contributed by atoms with E-state index in [1.54, 1.807) is 0 Å². The van der Waals surface area contributed by atoms with Gasteiger partial charge < -0.3 is 5.32 Å². The van der Waals surface area contributed by atoms with Crippen molar-refractivity contribution in [1.82, 2.24) is 5.32 Å². The number of rotatable bonds is 3. The molecule has 0 aromatic carbocycles. The van der Waals surface area contributed by atoms with Crippen LogP contribution in [0.1, 0.15) is 58.3 Å². The van der Waals surface area contributed by atoms with Gasteiger partial charge in [0.05, 0.1) is 12.0 Å². The average Bonchev–Trinajstić information content (AvgIpc) is 2.77. The average molecular weight is 220 g/mol. The van der Waals surface area contributed by atoms with E-state index in [0.29, 0.717) is 12.1 Å². The Kier molecular flexibility index (Phi) is 4.23. The molecule has 3 unspecified atom stereocenters. The van der Waals surface area contributed by atoms with Gasteiger partial charge in [0.1, 0.15) is 0 Å². The normalized spacial score (nSPS) is 33.5. The Hall–Kier alpha value is -0.550. The van der Waals surface area contributed by atoms with Crippen molar-refractivity contribution >= 4 is 0 Å². The highest BCUT2D eigenvalue weighted by Gasteiger charge is 2.30. The summed E-state index contributed by atoms with van der Waals surface area (Å²) in [6.45, 7) is 2.32. The molecule has 0 bridgehead atoms. The predicted molar refractivity (Wildman–Crippen MR) is 65.9 cm³/mol. The SMILES string of the molecule is CC(NC1CCCC1C#N)C1CCCCC1.